The summed E-state index contributed by atoms with van der Waals surface area (Å²) in [6.45, 7) is 3.58. The first-order valence-corrected chi connectivity index (χ1v) is 6.35. The van der Waals surface area contributed by atoms with Crippen molar-refractivity contribution in [1.29, 1.82) is 0 Å². The van der Waals surface area contributed by atoms with Crippen molar-refractivity contribution in [3.8, 4) is 5.69 Å². The van der Waals surface area contributed by atoms with Crippen LogP contribution in [0.25, 0.3) is 11.3 Å². The molecule has 1 aromatic carbocycles. The lowest BCUT2D eigenvalue weighted by Gasteiger charge is -2.07. The van der Waals surface area contributed by atoms with Gasteiger partial charge in [-0.25, -0.2) is 4.68 Å². The third-order valence-electron chi connectivity index (χ3n) is 3.18. The Balaban J connectivity index is 2.35. The molecule has 0 radical (unpaired) electrons. The maximum Gasteiger partial charge on any atom is 0.416 e. The molecule has 0 aliphatic rings. The van der Waals surface area contributed by atoms with Gasteiger partial charge in [-0.15, -0.1) is 0 Å². The fourth-order valence-electron chi connectivity index (χ4n) is 2.03. The number of halogens is 3. The molecule has 2 aromatic rings. The molecule has 0 aliphatic carbocycles. The summed E-state index contributed by atoms with van der Waals surface area (Å²) in [6, 6.07) is 4.82. The van der Waals surface area contributed by atoms with Crippen molar-refractivity contribution >= 4 is 5.57 Å². The van der Waals surface area contributed by atoms with Crippen LogP contribution in [0.4, 0.5) is 13.2 Å². The zero-order chi connectivity index (χ0) is 15.6. The zero-order valence-corrected chi connectivity index (χ0v) is 11.6. The molecule has 0 aliphatic heterocycles. The highest BCUT2D eigenvalue weighted by Crippen LogP contribution is 2.29. The van der Waals surface area contributed by atoms with Gasteiger partial charge in [0.2, 0.25) is 0 Å². The van der Waals surface area contributed by atoms with Crippen molar-refractivity contribution in [2.75, 3.05) is 6.61 Å². The highest BCUT2D eigenvalue weighted by atomic mass is 19.4. The number of rotatable bonds is 3. The molecule has 0 spiro atoms. The van der Waals surface area contributed by atoms with Gasteiger partial charge in [-0.1, -0.05) is 6.08 Å². The lowest BCUT2D eigenvalue weighted by Crippen LogP contribution is -2.05. The molecule has 2 rings (SSSR count). The number of benzene rings is 1. The fourth-order valence-corrected chi connectivity index (χ4v) is 2.03. The molecule has 1 N–H and O–H groups in total. The highest BCUT2D eigenvalue weighted by molar-refractivity contribution is 5.65. The van der Waals surface area contributed by atoms with Gasteiger partial charge < -0.3 is 5.11 Å². The summed E-state index contributed by atoms with van der Waals surface area (Å²) in [7, 11) is 0. The molecule has 1 aromatic heterocycles. The molecule has 0 atom stereocenters. The van der Waals surface area contributed by atoms with Gasteiger partial charge in [0.15, 0.2) is 0 Å². The second kappa shape index (κ2) is 5.73. The third kappa shape index (κ3) is 3.33. The van der Waals surface area contributed by atoms with E-state index >= 15 is 0 Å². The summed E-state index contributed by atoms with van der Waals surface area (Å²) in [5.74, 6) is 0. The van der Waals surface area contributed by atoms with Crippen LogP contribution in [0.15, 0.2) is 36.5 Å². The Hall–Kier alpha value is -2.08. The van der Waals surface area contributed by atoms with Crippen molar-refractivity contribution in [2.24, 2.45) is 0 Å². The first kappa shape index (κ1) is 15.3. The van der Waals surface area contributed by atoms with E-state index in [1.807, 2.05) is 13.8 Å². The molecule has 6 heteroatoms. The number of aryl methyl sites for hydroxylation is 1. The van der Waals surface area contributed by atoms with Crippen molar-refractivity contribution in [1.82, 2.24) is 9.78 Å². The monoisotopic (exact) mass is 296 g/mol. The SMILES string of the molecule is CC(=CCO)c1cn(-c2ccc(C(F)(F)F)cc2)nc1C. The molecule has 0 saturated carbocycles. The Morgan fingerprint density at radius 1 is 1.29 bits per heavy atom. The lowest BCUT2D eigenvalue weighted by atomic mass is 10.1. The molecule has 0 amide bonds. The van der Waals surface area contributed by atoms with Crippen molar-refractivity contribution < 1.29 is 18.3 Å². The predicted octanol–water partition coefficient (Wildman–Crippen LogP) is 3.60. The first-order chi connectivity index (χ1) is 9.82. The van der Waals surface area contributed by atoms with E-state index in [1.165, 1.54) is 16.8 Å². The van der Waals surface area contributed by atoms with Crippen molar-refractivity contribution in [3.63, 3.8) is 0 Å². The van der Waals surface area contributed by atoms with Crippen molar-refractivity contribution in [2.45, 2.75) is 20.0 Å². The van der Waals surface area contributed by atoms with Crippen LogP contribution in [-0.2, 0) is 6.18 Å². The number of hydrogen-bond acceptors (Lipinski definition) is 2. The Bertz CT molecular complexity index is 655. The van der Waals surface area contributed by atoms with E-state index in [2.05, 4.69) is 5.10 Å². The number of hydrogen-bond donors (Lipinski definition) is 1. The minimum atomic E-state index is -4.34. The van der Waals surface area contributed by atoms with Gasteiger partial charge in [0.05, 0.1) is 23.6 Å². The van der Waals surface area contributed by atoms with Crippen LogP contribution in [0.1, 0.15) is 23.7 Å². The molecular formula is C15H15F3N2O. The van der Waals surface area contributed by atoms with Gasteiger partial charge in [0.1, 0.15) is 0 Å². The van der Waals surface area contributed by atoms with Gasteiger partial charge in [-0.3, -0.25) is 0 Å². The maximum atomic E-state index is 12.5. The van der Waals surface area contributed by atoms with E-state index in [9.17, 15) is 13.2 Å². The molecule has 3 nitrogen and oxygen atoms in total. The van der Waals surface area contributed by atoms with E-state index in [0.717, 1.165) is 29.0 Å². The molecule has 0 bridgehead atoms. The molecule has 0 unspecified atom stereocenters. The number of alkyl halides is 3. The van der Waals surface area contributed by atoms with Crippen molar-refractivity contribution in [3.05, 3.63) is 53.4 Å². The molecule has 21 heavy (non-hydrogen) atoms. The van der Waals surface area contributed by atoms with Crippen LogP contribution >= 0.6 is 0 Å². The number of allylic oxidation sites excluding steroid dienone is 1. The van der Waals surface area contributed by atoms with Crippen LogP contribution in [0.5, 0.6) is 0 Å². The Morgan fingerprint density at radius 2 is 1.90 bits per heavy atom. The van der Waals surface area contributed by atoms with Crippen LogP contribution in [-0.4, -0.2) is 21.5 Å². The van der Waals surface area contributed by atoms with E-state index in [1.54, 1.807) is 12.3 Å². The van der Waals surface area contributed by atoms with Crippen LogP contribution in [0.3, 0.4) is 0 Å². The zero-order valence-electron chi connectivity index (χ0n) is 11.6. The topological polar surface area (TPSA) is 38.0 Å². The molecule has 0 saturated heterocycles. The quantitative estimate of drug-likeness (QED) is 0.940. The second-order valence-corrected chi connectivity index (χ2v) is 4.69. The summed E-state index contributed by atoms with van der Waals surface area (Å²) >= 11 is 0. The van der Waals surface area contributed by atoms with Crippen LogP contribution in [0, 0.1) is 6.92 Å². The minimum Gasteiger partial charge on any atom is -0.392 e. The van der Waals surface area contributed by atoms with Gasteiger partial charge in [-0.2, -0.15) is 18.3 Å². The van der Waals surface area contributed by atoms with Gasteiger partial charge in [0.25, 0.3) is 0 Å². The average molecular weight is 296 g/mol. The Morgan fingerprint density at radius 3 is 2.43 bits per heavy atom. The second-order valence-electron chi connectivity index (χ2n) is 4.69. The third-order valence-corrected chi connectivity index (χ3v) is 3.18. The number of aliphatic hydroxyl groups is 1. The molecule has 0 fully saturated rings. The van der Waals surface area contributed by atoms with Gasteiger partial charge in [0, 0.05) is 11.8 Å². The van der Waals surface area contributed by atoms with E-state index in [4.69, 9.17) is 5.11 Å². The van der Waals surface area contributed by atoms with E-state index < -0.39 is 11.7 Å². The average Bonchev–Trinajstić information content (AvgIpc) is 2.80. The standard InChI is InChI=1S/C15H15F3N2O/c1-10(7-8-21)14-9-20(19-11(14)2)13-5-3-12(4-6-13)15(16,17)18/h3-7,9,21H,8H2,1-2H3. The molecule has 1 heterocycles. The summed E-state index contributed by atoms with van der Waals surface area (Å²) in [5.41, 5.74) is 2.33. The first-order valence-electron chi connectivity index (χ1n) is 6.35. The summed E-state index contributed by atoms with van der Waals surface area (Å²) in [6.07, 6.45) is -0.954. The lowest BCUT2D eigenvalue weighted by molar-refractivity contribution is -0.137. The van der Waals surface area contributed by atoms with Gasteiger partial charge >= 0.3 is 6.18 Å². The van der Waals surface area contributed by atoms with E-state index in [-0.39, 0.29) is 6.61 Å². The Kier molecular flexibility index (Phi) is 4.18. The maximum absolute atomic E-state index is 12.5. The number of nitrogens with zero attached hydrogens (tertiary/aromatic N) is 2. The highest BCUT2D eigenvalue weighted by Gasteiger charge is 2.30. The number of aliphatic hydroxyl groups excluding tert-OH is 1. The fraction of sp³-hybridized carbons (Fsp3) is 0.267. The largest absolute Gasteiger partial charge is 0.416 e. The summed E-state index contributed by atoms with van der Waals surface area (Å²) < 4.78 is 39.1. The van der Waals surface area contributed by atoms with Crippen LogP contribution in [0.2, 0.25) is 0 Å². The number of aromatic nitrogens is 2. The van der Waals surface area contributed by atoms with E-state index in [0.29, 0.717) is 5.69 Å². The van der Waals surface area contributed by atoms with Gasteiger partial charge in [-0.05, 0) is 43.7 Å². The Labute approximate surface area is 120 Å². The summed E-state index contributed by atoms with van der Waals surface area (Å²) in [4.78, 5) is 0. The minimum absolute atomic E-state index is 0.0727. The van der Waals surface area contributed by atoms with Crippen LogP contribution < -0.4 is 0 Å². The summed E-state index contributed by atoms with van der Waals surface area (Å²) in [5, 5.41) is 13.2. The normalized spacial score (nSPS) is 12.8. The predicted molar refractivity (Wildman–Crippen MR) is 74.0 cm³/mol. The molecular weight excluding hydrogens is 281 g/mol. The molecule has 112 valence electrons. The smallest absolute Gasteiger partial charge is 0.392 e.